The fourth-order valence-corrected chi connectivity index (χ4v) is 3.91. The SMILES string of the molecule is Cc1ccc(SC2=CC(=O)c3nc4ccccc4c(C)c3C2=O)cc1. The fraction of sp³-hybridized carbons (Fsp3) is 0.0952. The van der Waals surface area contributed by atoms with Gasteiger partial charge in [-0.15, -0.1) is 0 Å². The molecule has 0 saturated heterocycles. The summed E-state index contributed by atoms with van der Waals surface area (Å²) in [5.74, 6) is -0.339. The van der Waals surface area contributed by atoms with Crippen LogP contribution < -0.4 is 0 Å². The molecule has 1 aliphatic rings. The number of para-hydroxylation sites is 1. The first-order valence-corrected chi connectivity index (χ1v) is 8.81. The van der Waals surface area contributed by atoms with Crippen LogP contribution in [0, 0.1) is 13.8 Å². The number of carbonyl (C=O) groups is 2. The molecule has 122 valence electrons. The van der Waals surface area contributed by atoms with E-state index in [9.17, 15) is 9.59 Å². The molecule has 25 heavy (non-hydrogen) atoms. The van der Waals surface area contributed by atoms with Crippen molar-refractivity contribution in [2.75, 3.05) is 0 Å². The molecule has 0 spiro atoms. The molecule has 0 radical (unpaired) electrons. The van der Waals surface area contributed by atoms with Crippen LogP contribution in [0.4, 0.5) is 0 Å². The quantitative estimate of drug-likeness (QED) is 0.662. The Kier molecular flexibility index (Phi) is 3.77. The Labute approximate surface area is 149 Å². The molecule has 2 aromatic carbocycles. The molecular weight excluding hydrogens is 330 g/mol. The van der Waals surface area contributed by atoms with Crippen LogP contribution in [0.3, 0.4) is 0 Å². The van der Waals surface area contributed by atoms with E-state index in [1.165, 1.54) is 17.8 Å². The number of Topliss-reactive ketones (excluding diaryl/α,β-unsaturated/α-hetero) is 1. The van der Waals surface area contributed by atoms with Crippen LogP contribution in [0.25, 0.3) is 10.9 Å². The van der Waals surface area contributed by atoms with Gasteiger partial charge in [-0.1, -0.05) is 47.7 Å². The first-order valence-electron chi connectivity index (χ1n) is 7.99. The molecule has 3 nitrogen and oxygen atoms in total. The maximum Gasteiger partial charge on any atom is 0.206 e. The molecule has 0 fully saturated rings. The summed E-state index contributed by atoms with van der Waals surface area (Å²) in [5, 5.41) is 0.906. The predicted octanol–water partition coefficient (Wildman–Crippen LogP) is 4.91. The number of allylic oxidation sites excluding steroid dienone is 2. The highest BCUT2D eigenvalue weighted by Gasteiger charge is 2.30. The number of carbonyl (C=O) groups excluding carboxylic acids is 2. The summed E-state index contributed by atoms with van der Waals surface area (Å²) in [4.78, 5) is 31.4. The van der Waals surface area contributed by atoms with Gasteiger partial charge in [-0.25, -0.2) is 4.98 Å². The molecule has 1 heterocycles. The zero-order chi connectivity index (χ0) is 17.6. The smallest absolute Gasteiger partial charge is 0.206 e. The van der Waals surface area contributed by atoms with E-state index in [0.717, 1.165) is 26.9 Å². The van der Waals surface area contributed by atoms with E-state index in [1.807, 2.05) is 62.4 Å². The van der Waals surface area contributed by atoms with Crippen molar-refractivity contribution >= 4 is 34.2 Å². The van der Waals surface area contributed by atoms with E-state index in [2.05, 4.69) is 4.98 Å². The summed E-state index contributed by atoms with van der Waals surface area (Å²) in [5.41, 5.74) is 3.40. The third-order valence-corrected chi connectivity index (χ3v) is 5.38. The summed E-state index contributed by atoms with van der Waals surface area (Å²) in [6, 6.07) is 15.5. The maximum atomic E-state index is 13.0. The predicted molar refractivity (Wildman–Crippen MR) is 100 cm³/mol. The van der Waals surface area contributed by atoms with Crippen molar-refractivity contribution in [1.82, 2.24) is 4.98 Å². The standard InChI is InChI=1S/C21H15NO2S/c1-12-7-9-14(10-8-12)25-18-11-17(23)20-19(21(18)24)13(2)15-5-3-4-6-16(15)22-20/h3-11H,1-2H3. The molecule has 1 aromatic heterocycles. The van der Waals surface area contributed by atoms with Crippen molar-refractivity contribution in [2.45, 2.75) is 18.7 Å². The molecule has 0 amide bonds. The summed E-state index contributed by atoms with van der Waals surface area (Å²) < 4.78 is 0. The van der Waals surface area contributed by atoms with Crippen molar-refractivity contribution in [3.63, 3.8) is 0 Å². The molecular formula is C21H15NO2S. The number of nitrogens with zero attached hydrogens (tertiary/aromatic N) is 1. The number of ketones is 2. The van der Waals surface area contributed by atoms with Crippen LogP contribution in [-0.2, 0) is 0 Å². The van der Waals surface area contributed by atoms with Gasteiger partial charge >= 0.3 is 0 Å². The Bertz CT molecular complexity index is 1070. The second-order valence-electron chi connectivity index (χ2n) is 6.09. The van der Waals surface area contributed by atoms with Crippen molar-refractivity contribution < 1.29 is 9.59 Å². The first-order chi connectivity index (χ1) is 12.0. The maximum absolute atomic E-state index is 13.0. The molecule has 4 heteroatoms. The Morgan fingerprint density at radius 2 is 1.64 bits per heavy atom. The first kappa shape index (κ1) is 15.8. The molecule has 0 saturated carbocycles. The van der Waals surface area contributed by atoms with E-state index >= 15 is 0 Å². The van der Waals surface area contributed by atoms with Gasteiger partial charge in [-0.3, -0.25) is 9.59 Å². The molecule has 0 bridgehead atoms. The van der Waals surface area contributed by atoms with Crippen molar-refractivity contribution in [2.24, 2.45) is 0 Å². The highest BCUT2D eigenvalue weighted by molar-refractivity contribution is 8.04. The van der Waals surface area contributed by atoms with Gasteiger partial charge < -0.3 is 0 Å². The van der Waals surface area contributed by atoms with E-state index < -0.39 is 0 Å². The molecule has 0 unspecified atom stereocenters. The van der Waals surface area contributed by atoms with Crippen LogP contribution in [0.2, 0.25) is 0 Å². The second-order valence-corrected chi connectivity index (χ2v) is 7.21. The van der Waals surface area contributed by atoms with Gasteiger partial charge in [0.2, 0.25) is 11.6 Å². The minimum Gasteiger partial charge on any atom is -0.288 e. The normalized spacial score (nSPS) is 13.8. The molecule has 0 aliphatic heterocycles. The highest BCUT2D eigenvalue weighted by atomic mass is 32.2. The van der Waals surface area contributed by atoms with E-state index in [4.69, 9.17) is 0 Å². The second kappa shape index (κ2) is 5.97. The third-order valence-electron chi connectivity index (χ3n) is 4.35. The lowest BCUT2D eigenvalue weighted by molar-refractivity contribution is 0.0987. The number of benzene rings is 2. The zero-order valence-corrected chi connectivity index (χ0v) is 14.7. The van der Waals surface area contributed by atoms with Crippen LogP contribution in [0.1, 0.15) is 32.0 Å². The number of hydrogen-bond donors (Lipinski definition) is 0. The van der Waals surface area contributed by atoms with Crippen LogP contribution in [0.15, 0.2) is 64.4 Å². The number of rotatable bonds is 2. The van der Waals surface area contributed by atoms with Gasteiger partial charge in [-0.05, 0) is 37.6 Å². The topological polar surface area (TPSA) is 47.0 Å². The van der Waals surface area contributed by atoms with E-state index in [0.29, 0.717) is 10.5 Å². The van der Waals surface area contributed by atoms with Crippen LogP contribution in [0.5, 0.6) is 0 Å². The van der Waals surface area contributed by atoms with E-state index in [-0.39, 0.29) is 17.3 Å². The summed E-state index contributed by atoms with van der Waals surface area (Å²) in [6.07, 6.45) is 1.41. The van der Waals surface area contributed by atoms with Gasteiger partial charge in [0.15, 0.2) is 0 Å². The van der Waals surface area contributed by atoms with Crippen LogP contribution in [-0.4, -0.2) is 16.6 Å². The van der Waals surface area contributed by atoms with E-state index in [1.54, 1.807) is 0 Å². The zero-order valence-electron chi connectivity index (χ0n) is 13.9. The largest absolute Gasteiger partial charge is 0.288 e. The monoisotopic (exact) mass is 345 g/mol. The summed E-state index contributed by atoms with van der Waals surface area (Å²) in [7, 11) is 0. The van der Waals surface area contributed by atoms with Crippen molar-refractivity contribution in [3.05, 3.63) is 81.9 Å². The minimum absolute atomic E-state index is 0.129. The van der Waals surface area contributed by atoms with Gasteiger partial charge in [0.25, 0.3) is 0 Å². The number of aromatic nitrogens is 1. The number of fused-ring (bicyclic) bond motifs is 2. The molecule has 1 aliphatic carbocycles. The Hall–Kier alpha value is -2.72. The molecule has 4 rings (SSSR count). The van der Waals surface area contributed by atoms with Gasteiger partial charge in [0.05, 0.1) is 16.0 Å². The number of pyridine rings is 1. The summed E-state index contributed by atoms with van der Waals surface area (Å²) in [6.45, 7) is 3.90. The fourth-order valence-electron chi connectivity index (χ4n) is 3.02. The number of aryl methyl sites for hydroxylation is 2. The minimum atomic E-state index is -0.210. The van der Waals surface area contributed by atoms with Gasteiger partial charge in [-0.2, -0.15) is 0 Å². The van der Waals surface area contributed by atoms with Gasteiger partial charge in [0, 0.05) is 16.4 Å². The number of hydrogen-bond acceptors (Lipinski definition) is 4. The third kappa shape index (κ3) is 2.68. The lowest BCUT2D eigenvalue weighted by Gasteiger charge is -2.17. The van der Waals surface area contributed by atoms with Gasteiger partial charge in [0.1, 0.15) is 5.69 Å². The lowest BCUT2D eigenvalue weighted by Crippen LogP contribution is -2.19. The van der Waals surface area contributed by atoms with Crippen LogP contribution >= 0.6 is 11.8 Å². The summed E-state index contributed by atoms with van der Waals surface area (Å²) >= 11 is 1.33. The highest BCUT2D eigenvalue weighted by Crippen LogP contribution is 2.35. The van der Waals surface area contributed by atoms with Crippen molar-refractivity contribution in [3.8, 4) is 0 Å². The Morgan fingerprint density at radius 3 is 2.40 bits per heavy atom. The molecule has 0 atom stereocenters. The average molecular weight is 345 g/mol. The molecule has 0 N–H and O–H groups in total. The Balaban J connectivity index is 1.81. The van der Waals surface area contributed by atoms with Crippen molar-refractivity contribution in [1.29, 1.82) is 0 Å². The lowest BCUT2D eigenvalue weighted by atomic mass is 9.93. The average Bonchev–Trinajstić information content (AvgIpc) is 2.61. The number of thioether (sulfide) groups is 1. The Morgan fingerprint density at radius 1 is 0.920 bits per heavy atom. The molecule has 3 aromatic rings.